The van der Waals surface area contributed by atoms with Crippen LogP contribution in [0.4, 0.5) is 0 Å². The molecule has 136 valence electrons. The number of Topliss-reactive ketones (excluding diaryl/α,β-unsaturated/α-hetero) is 1. The minimum absolute atomic E-state index is 0.0983. The van der Waals surface area contributed by atoms with Crippen molar-refractivity contribution in [3.05, 3.63) is 66.1 Å². The summed E-state index contributed by atoms with van der Waals surface area (Å²) in [6, 6.07) is 7.05. The van der Waals surface area contributed by atoms with Crippen LogP contribution in [0.15, 0.2) is 33.9 Å². The molecule has 26 heavy (non-hydrogen) atoms. The zero-order valence-electron chi connectivity index (χ0n) is 14.3. The van der Waals surface area contributed by atoms with E-state index in [-0.39, 0.29) is 25.5 Å². The summed E-state index contributed by atoms with van der Waals surface area (Å²) in [5, 5.41) is 10.2. The predicted molar refractivity (Wildman–Crippen MR) is 103 cm³/mol. The molecule has 2 aromatic heterocycles. The average molecular weight is 393 g/mol. The molecule has 0 aliphatic heterocycles. The smallest absolute Gasteiger partial charge is 0.332 e. The van der Waals surface area contributed by atoms with Crippen molar-refractivity contribution in [2.75, 3.05) is 6.61 Å². The fourth-order valence-electron chi connectivity index (χ4n) is 2.94. The maximum atomic E-state index is 12.9. The van der Waals surface area contributed by atoms with Crippen molar-refractivity contribution in [2.45, 2.75) is 26.9 Å². The lowest BCUT2D eigenvalue weighted by Gasteiger charge is -2.11. The van der Waals surface area contributed by atoms with Crippen LogP contribution in [0.25, 0.3) is 10.2 Å². The Labute approximate surface area is 157 Å². The van der Waals surface area contributed by atoms with Crippen LogP contribution in [0, 0.1) is 6.92 Å². The average Bonchev–Trinajstić information content (AvgIpc) is 2.95. The molecular formula is C18H17ClN2O4S. The number of aliphatic hydroxyl groups is 1. The first kappa shape index (κ1) is 18.6. The topological polar surface area (TPSA) is 81.3 Å². The van der Waals surface area contributed by atoms with Crippen molar-refractivity contribution in [1.29, 1.82) is 0 Å². The Balaban J connectivity index is 2.33. The molecule has 0 atom stereocenters. The van der Waals surface area contributed by atoms with Gasteiger partial charge >= 0.3 is 5.69 Å². The first-order valence-corrected chi connectivity index (χ1v) is 9.17. The highest BCUT2D eigenvalue weighted by Gasteiger charge is 2.21. The van der Waals surface area contributed by atoms with E-state index in [9.17, 15) is 19.5 Å². The van der Waals surface area contributed by atoms with Crippen molar-refractivity contribution >= 4 is 38.9 Å². The second-order valence-electron chi connectivity index (χ2n) is 5.97. The summed E-state index contributed by atoms with van der Waals surface area (Å²) in [6.07, 6.45) is 0. The molecule has 8 heteroatoms. The lowest BCUT2D eigenvalue weighted by atomic mass is 10.1. The van der Waals surface area contributed by atoms with Crippen LogP contribution in [0.5, 0.6) is 0 Å². The third kappa shape index (κ3) is 3.13. The molecule has 3 rings (SSSR count). The Morgan fingerprint density at radius 2 is 1.85 bits per heavy atom. The number of nitrogens with zero attached hydrogens (tertiary/aromatic N) is 2. The predicted octanol–water partition coefficient (Wildman–Crippen LogP) is 2.43. The molecule has 3 aromatic rings. The van der Waals surface area contributed by atoms with Crippen molar-refractivity contribution < 1.29 is 9.90 Å². The molecule has 0 aliphatic carbocycles. The van der Waals surface area contributed by atoms with Gasteiger partial charge in [-0.15, -0.1) is 11.3 Å². The van der Waals surface area contributed by atoms with E-state index >= 15 is 0 Å². The molecule has 0 bridgehead atoms. The second-order valence-corrected chi connectivity index (χ2v) is 7.40. The van der Waals surface area contributed by atoms with Crippen LogP contribution in [0.2, 0.25) is 5.02 Å². The van der Waals surface area contributed by atoms with E-state index < -0.39 is 11.2 Å². The molecule has 0 spiro atoms. The lowest BCUT2D eigenvalue weighted by Crippen LogP contribution is -2.40. The van der Waals surface area contributed by atoms with Gasteiger partial charge in [0.05, 0.1) is 30.0 Å². The molecule has 0 aliphatic rings. The number of ketones is 1. The normalized spacial score (nSPS) is 11.2. The number of aliphatic hydroxyl groups excluding tert-OH is 1. The summed E-state index contributed by atoms with van der Waals surface area (Å²) in [5.41, 5.74) is 0.414. The fourth-order valence-corrected chi connectivity index (χ4v) is 4.25. The second kappa shape index (κ2) is 7.19. The molecule has 2 heterocycles. The number of hydrogen-bond donors (Lipinski definition) is 1. The van der Waals surface area contributed by atoms with E-state index in [1.807, 2.05) is 0 Å². The first-order chi connectivity index (χ1) is 12.3. The van der Waals surface area contributed by atoms with Gasteiger partial charge < -0.3 is 5.11 Å². The van der Waals surface area contributed by atoms with Gasteiger partial charge in [0.2, 0.25) is 0 Å². The Hall–Kier alpha value is -2.22. The van der Waals surface area contributed by atoms with Gasteiger partial charge in [-0.3, -0.25) is 18.7 Å². The highest BCUT2D eigenvalue weighted by Crippen LogP contribution is 2.28. The highest BCUT2D eigenvalue weighted by molar-refractivity contribution is 7.20. The Morgan fingerprint density at radius 1 is 1.19 bits per heavy atom. The van der Waals surface area contributed by atoms with Crippen molar-refractivity contribution in [1.82, 2.24) is 9.13 Å². The molecular weight excluding hydrogens is 376 g/mol. The largest absolute Gasteiger partial charge is 0.395 e. The van der Waals surface area contributed by atoms with Crippen molar-refractivity contribution in [3.8, 4) is 0 Å². The van der Waals surface area contributed by atoms with Crippen LogP contribution >= 0.6 is 22.9 Å². The van der Waals surface area contributed by atoms with E-state index in [0.29, 0.717) is 25.7 Å². The SMILES string of the molecule is CC(=O)c1sc2c(c1C)c(=O)n(CCO)c(=O)n2Cc1ccc(Cl)cc1. The van der Waals surface area contributed by atoms with Crippen LogP contribution in [-0.4, -0.2) is 26.6 Å². The summed E-state index contributed by atoms with van der Waals surface area (Å²) in [7, 11) is 0. The van der Waals surface area contributed by atoms with Crippen LogP contribution in [0.3, 0.4) is 0 Å². The van der Waals surface area contributed by atoms with E-state index in [2.05, 4.69) is 0 Å². The summed E-state index contributed by atoms with van der Waals surface area (Å²) in [4.78, 5) is 38.5. The van der Waals surface area contributed by atoms with Crippen LogP contribution < -0.4 is 11.2 Å². The number of aryl methyl sites for hydroxylation is 1. The number of carbonyl (C=O) groups excluding carboxylic acids is 1. The Morgan fingerprint density at radius 3 is 2.42 bits per heavy atom. The number of aromatic nitrogens is 2. The van der Waals surface area contributed by atoms with Gasteiger partial charge in [0, 0.05) is 5.02 Å². The van der Waals surface area contributed by atoms with Gasteiger partial charge in [-0.1, -0.05) is 23.7 Å². The Kier molecular flexibility index (Phi) is 5.13. The zero-order chi connectivity index (χ0) is 19.0. The molecule has 0 amide bonds. The van der Waals surface area contributed by atoms with E-state index in [1.165, 1.54) is 11.5 Å². The maximum Gasteiger partial charge on any atom is 0.332 e. The first-order valence-electron chi connectivity index (χ1n) is 7.98. The fraction of sp³-hybridized carbons (Fsp3) is 0.278. The van der Waals surface area contributed by atoms with Gasteiger partial charge in [0.15, 0.2) is 5.78 Å². The number of carbonyl (C=O) groups is 1. The summed E-state index contributed by atoms with van der Waals surface area (Å²) < 4.78 is 2.49. The van der Waals surface area contributed by atoms with E-state index in [4.69, 9.17) is 11.6 Å². The number of hydrogen-bond acceptors (Lipinski definition) is 5. The standard InChI is InChI=1S/C18H17ClN2O4S/c1-10-14-16(24)20(7-8-22)18(25)21(17(14)26-15(10)11(2)23)9-12-3-5-13(19)6-4-12/h3-6,22H,7-9H2,1-2H3. The van der Waals surface area contributed by atoms with Gasteiger partial charge in [-0.2, -0.15) is 0 Å². The number of benzene rings is 1. The van der Waals surface area contributed by atoms with Crippen molar-refractivity contribution in [3.63, 3.8) is 0 Å². The monoisotopic (exact) mass is 392 g/mol. The van der Waals surface area contributed by atoms with Gasteiger partial charge in [0.1, 0.15) is 4.83 Å². The summed E-state index contributed by atoms with van der Waals surface area (Å²) in [6.45, 7) is 2.95. The minimum atomic E-state index is -0.511. The third-order valence-electron chi connectivity index (χ3n) is 4.19. The lowest BCUT2D eigenvalue weighted by molar-refractivity contribution is 0.102. The quantitative estimate of drug-likeness (QED) is 0.676. The van der Waals surface area contributed by atoms with E-state index in [0.717, 1.165) is 21.5 Å². The van der Waals surface area contributed by atoms with Gasteiger partial charge in [-0.05, 0) is 37.1 Å². The maximum absolute atomic E-state index is 12.9. The summed E-state index contributed by atoms with van der Waals surface area (Å²) >= 11 is 7.06. The Bertz CT molecular complexity index is 1110. The van der Waals surface area contributed by atoms with Gasteiger partial charge in [0.25, 0.3) is 5.56 Å². The van der Waals surface area contributed by atoms with E-state index in [1.54, 1.807) is 31.2 Å². The van der Waals surface area contributed by atoms with Crippen molar-refractivity contribution in [2.24, 2.45) is 0 Å². The van der Waals surface area contributed by atoms with Crippen LogP contribution in [0.1, 0.15) is 27.7 Å². The third-order valence-corrected chi connectivity index (χ3v) is 5.86. The number of thiophene rings is 1. The molecule has 1 aromatic carbocycles. The molecule has 0 saturated carbocycles. The minimum Gasteiger partial charge on any atom is -0.395 e. The molecule has 0 radical (unpaired) electrons. The number of halogens is 1. The number of fused-ring (bicyclic) bond motifs is 1. The molecule has 0 unspecified atom stereocenters. The molecule has 6 nitrogen and oxygen atoms in total. The molecule has 1 N–H and O–H groups in total. The zero-order valence-corrected chi connectivity index (χ0v) is 15.9. The summed E-state index contributed by atoms with van der Waals surface area (Å²) in [5.74, 6) is -0.151. The molecule has 0 fully saturated rings. The van der Waals surface area contributed by atoms with Crippen LogP contribution in [-0.2, 0) is 13.1 Å². The molecule has 0 saturated heterocycles. The highest BCUT2D eigenvalue weighted by atomic mass is 35.5. The van der Waals surface area contributed by atoms with Gasteiger partial charge in [-0.25, -0.2) is 4.79 Å². The number of rotatable bonds is 5.